The molecule has 0 aliphatic carbocycles. The van der Waals surface area contributed by atoms with Gasteiger partial charge in [-0.05, 0) is 17.7 Å². The van der Waals surface area contributed by atoms with Crippen molar-refractivity contribution >= 4 is 11.9 Å². The van der Waals surface area contributed by atoms with Crippen LogP contribution < -0.4 is 5.32 Å². The second kappa shape index (κ2) is 6.80. The molecule has 0 saturated carbocycles. The van der Waals surface area contributed by atoms with Crippen LogP contribution in [0.5, 0.6) is 0 Å². The molecule has 0 spiro atoms. The standard InChI is InChI=1S/C18H13F2N5O3/c19-10-2-1-3-11(20)15(10)17-23-12(16-13(24-17)6-21-18(16)28)4-9-5-22-25(7-9)8-14(26)27/h1-3,5,7H,4,6,8H2,(H,21,28)(H,26,27). The Hall–Kier alpha value is -3.69. The van der Waals surface area contributed by atoms with E-state index < -0.39 is 17.6 Å². The Bertz CT molecular complexity index is 1090. The molecule has 0 unspecified atom stereocenters. The summed E-state index contributed by atoms with van der Waals surface area (Å²) in [7, 11) is 0. The Morgan fingerprint density at radius 3 is 2.68 bits per heavy atom. The number of nitrogens with zero attached hydrogens (tertiary/aromatic N) is 4. The first-order valence-corrected chi connectivity index (χ1v) is 8.28. The number of fused-ring (bicyclic) bond motifs is 1. The van der Waals surface area contributed by atoms with E-state index in [0.717, 1.165) is 12.1 Å². The second-order valence-electron chi connectivity index (χ2n) is 6.21. The molecule has 28 heavy (non-hydrogen) atoms. The van der Waals surface area contributed by atoms with Crippen LogP contribution in [0.1, 0.15) is 27.3 Å². The molecule has 3 aromatic rings. The Balaban J connectivity index is 1.78. The summed E-state index contributed by atoms with van der Waals surface area (Å²) >= 11 is 0. The summed E-state index contributed by atoms with van der Waals surface area (Å²) in [4.78, 5) is 31.4. The summed E-state index contributed by atoms with van der Waals surface area (Å²) in [6.07, 6.45) is 3.09. The van der Waals surface area contributed by atoms with Crippen molar-refractivity contribution in [1.29, 1.82) is 0 Å². The van der Waals surface area contributed by atoms with Crippen molar-refractivity contribution in [2.24, 2.45) is 0 Å². The Morgan fingerprint density at radius 1 is 1.21 bits per heavy atom. The highest BCUT2D eigenvalue weighted by molar-refractivity contribution is 5.99. The normalized spacial score (nSPS) is 12.7. The summed E-state index contributed by atoms with van der Waals surface area (Å²) in [5.74, 6) is -3.19. The van der Waals surface area contributed by atoms with Crippen LogP contribution in [0.4, 0.5) is 8.78 Å². The van der Waals surface area contributed by atoms with Crippen molar-refractivity contribution in [3.8, 4) is 11.4 Å². The third kappa shape index (κ3) is 3.20. The third-order valence-corrected chi connectivity index (χ3v) is 4.24. The van der Waals surface area contributed by atoms with Crippen LogP contribution in [-0.4, -0.2) is 36.7 Å². The lowest BCUT2D eigenvalue weighted by molar-refractivity contribution is -0.137. The Kier molecular flexibility index (Phi) is 4.30. The molecule has 142 valence electrons. The number of carboxylic acid groups (broad SMARTS) is 1. The molecule has 3 heterocycles. The molecule has 1 aliphatic heterocycles. The SMILES string of the molecule is O=C(O)Cn1cc(Cc2nc(-c3c(F)cccc3F)nc3c2C(=O)NC3)cn1. The van der Waals surface area contributed by atoms with Gasteiger partial charge in [0.1, 0.15) is 18.2 Å². The van der Waals surface area contributed by atoms with Gasteiger partial charge in [0.25, 0.3) is 5.91 Å². The highest BCUT2D eigenvalue weighted by Crippen LogP contribution is 2.27. The molecule has 2 aromatic heterocycles. The summed E-state index contributed by atoms with van der Waals surface area (Å²) in [5.41, 5.74) is 1.12. The minimum Gasteiger partial charge on any atom is -0.480 e. The van der Waals surface area contributed by atoms with Crippen LogP contribution in [0, 0.1) is 11.6 Å². The number of carboxylic acids is 1. The maximum absolute atomic E-state index is 14.2. The minimum absolute atomic E-state index is 0.126. The quantitative estimate of drug-likeness (QED) is 0.689. The van der Waals surface area contributed by atoms with Gasteiger partial charge < -0.3 is 10.4 Å². The van der Waals surface area contributed by atoms with Gasteiger partial charge in [0, 0.05) is 12.6 Å². The zero-order chi connectivity index (χ0) is 19.8. The number of rotatable bonds is 5. The van der Waals surface area contributed by atoms with Crippen LogP contribution in [0.2, 0.25) is 0 Å². The summed E-state index contributed by atoms with van der Waals surface area (Å²) in [6, 6.07) is 3.45. The van der Waals surface area contributed by atoms with E-state index in [1.807, 2.05) is 0 Å². The van der Waals surface area contributed by atoms with Crippen LogP contribution in [0.15, 0.2) is 30.6 Å². The van der Waals surface area contributed by atoms with Gasteiger partial charge >= 0.3 is 5.97 Å². The lowest BCUT2D eigenvalue weighted by atomic mass is 10.1. The topological polar surface area (TPSA) is 110 Å². The largest absolute Gasteiger partial charge is 0.480 e. The van der Waals surface area contributed by atoms with Crippen LogP contribution in [0.25, 0.3) is 11.4 Å². The lowest BCUT2D eigenvalue weighted by Crippen LogP contribution is -2.14. The van der Waals surface area contributed by atoms with E-state index in [9.17, 15) is 18.4 Å². The molecule has 2 N–H and O–H groups in total. The molecule has 1 aromatic carbocycles. The average molecular weight is 385 g/mol. The molecule has 0 radical (unpaired) electrons. The molecular weight excluding hydrogens is 372 g/mol. The summed E-state index contributed by atoms with van der Waals surface area (Å²) in [6.45, 7) is -0.181. The Morgan fingerprint density at radius 2 is 1.96 bits per heavy atom. The van der Waals surface area contributed by atoms with E-state index >= 15 is 0 Å². The number of nitrogens with one attached hydrogen (secondary N) is 1. The molecule has 0 atom stereocenters. The monoisotopic (exact) mass is 385 g/mol. The van der Waals surface area contributed by atoms with Gasteiger partial charge in [-0.1, -0.05) is 6.07 Å². The number of carbonyl (C=O) groups excluding carboxylic acids is 1. The average Bonchev–Trinajstić information content (AvgIpc) is 3.21. The smallest absolute Gasteiger partial charge is 0.325 e. The molecule has 1 aliphatic rings. The molecule has 1 amide bonds. The summed E-state index contributed by atoms with van der Waals surface area (Å²) in [5, 5.41) is 15.4. The van der Waals surface area contributed by atoms with Crippen LogP contribution in [0.3, 0.4) is 0 Å². The first-order chi connectivity index (χ1) is 13.4. The van der Waals surface area contributed by atoms with Gasteiger partial charge in [-0.15, -0.1) is 0 Å². The van der Waals surface area contributed by atoms with Crippen molar-refractivity contribution in [2.45, 2.75) is 19.5 Å². The fourth-order valence-corrected chi connectivity index (χ4v) is 3.07. The molecule has 0 bridgehead atoms. The third-order valence-electron chi connectivity index (χ3n) is 4.24. The van der Waals surface area contributed by atoms with Gasteiger partial charge in [0.15, 0.2) is 5.82 Å². The van der Waals surface area contributed by atoms with Crippen molar-refractivity contribution in [3.63, 3.8) is 0 Å². The van der Waals surface area contributed by atoms with E-state index in [0.29, 0.717) is 11.3 Å². The number of amides is 1. The van der Waals surface area contributed by atoms with Crippen molar-refractivity contribution < 1.29 is 23.5 Å². The molecule has 4 rings (SSSR count). The first-order valence-electron chi connectivity index (χ1n) is 8.28. The van der Waals surface area contributed by atoms with E-state index in [1.165, 1.54) is 23.1 Å². The molecule has 8 nitrogen and oxygen atoms in total. The second-order valence-corrected chi connectivity index (χ2v) is 6.21. The predicted octanol–water partition coefficient (Wildman–Crippen LogP) is 1.54. The van der Waals surface area contributed by atoms with Crippen molar-refractivity contribution in [2.75, 3.05) is 0 Å². The maximum Gasteiger partial charge on any atom is 0.325 e. The molecule has 10 heteroatoms. The summed E-state index contributed by atoms with van der Waals surface area (Å²) < 4.78 is 29.6. The van der Waals surface area contributed by atoms with E-state index in [2.05, 4.69) is 20.4 Å². The van der Waals surface area contributed by atoms with E-state index in [-0.39, 0.29) is 48.1 Å². The van der Waals surface area contributed by atoms with Crippen LogP contribution in [-0.2, 0) is 24.3 Å². The van der Waals surface area contributed by atoms with E-state index in [4.69, 9.17) is 5.11 Å². The zero-order valence-electron chi connectivity index (χ0n) is 14.3. The predicted molar refractivity (Wildman–Crippen MR) is 91.2 cm³/mol. The first kappa shape index (κ1) is 17.7. The van der Waals surface area contributed by atoms with Gasteiger partial charge in [0.2, 0.25) is 0 Å². The fraction of sp³-hybridized carbons (Fsp3) is 0.167. The van der Waals surface area contributed by atoms with E-state index in [1.54, 1.807) is 0 Å². The number of halogens is 2. The number of aromatic nitrogens is 4. The fourth-order valence-electron chi connectivity index (χ4n) is 3.07. The highest BCUT2D eigenvalue weighted by atomic mass is 19.1. The van der Waals surface area contributed by atoms with Crippen molar-refractivity contribution in [3.05, 3.63) is 64.7 Å². The van der Waals surface area contributed by atoms with Gasteiger partial charge in [0.05, 0.1) is 35.3 Å². The minimum atomic E-state index is -1.05. The van der Waals surface area contributed by atoms with Crippen LogP contribution >= 0.6 is 0 Å². The Labute approximate surface area is 156 Å². The number of aliphatic carboxylic acids is 1. The maximum atomic E-state index is 14.2. The zero-order valence-corrected chi connectivity index (χ0v) is 14.3. The lowest BCUT2D eigenvalue weighted by Gasteiger charge is -2.09. The number of benzene rings is 1. The number of carbonyl (C=O) groups is 2. The van der Waals surface area contributed by atoms with Gasteiger partial charge in [-0.3, -0.25) is 14.3 Å². The highest BCUT2D eigenvalue weighted by Gasteiger charge is 2.28. The molecular formula is C18H13F2N5O3. The van der Waals surface area contributed by atoms with Gasteiger partial charge in [-0.25, -0.2) is 18.7 Å². The molecule has 0 fully saturated rings. The van der Waals surface area contributed by atoms with Crippen molar-refractivity contribution in [1.82, 2.24) is 25.1 Å². The molecule has 0 saturated heterocycles. The van der Waals surface area contributed by atoms with Gasteiger partial charge in [-0.2, -0.15) is 5.10 Å². The number of hydrogen-bond donors (Lipinski definition) is 2. The number of hydrogen-bond acceptors (Lipinski definition) is 5.